The molecule has 0 bridgehead atoms. The van der Waals surface area contributed by atoms with Gasteiger partial charge in [0.15, 0.2) is 0 Å². The highest BCUT2D eigenvalue weighted by Crippen LogP contribution is 2.68. The third-order valence-corrected chi connectivity index (χ3v) is 35.9. The molecule has 12 unspecified atom stereocenters. The largest absolute Gasteiger partial charge is 0.506 e. The summed E-state index contributed by atoms with van der Waals surface area (Å²) in [5.41, 5.74) is 8.24. The molecular formula is C115H106N6O10. The quantitative estimate of drug-likeness (QED) is 0.111. The van der Waals surface area contributed by atoms with Gasteiger partial charge in [0.2, 0.25) is 0 Å². The van der Waals surface area contributed by atoms with Crippen LogP contribution in [0.15, 0.2) is 219 Å². The number of aromatic hydroxyl groups is 2. The minimum atomic E-state index is -1.12. The highest BCUT2D eigenvalue weighted by atomic mass is 16.3. The summed E-state index contributed by atoms with van der Waals surface area (Å²) in [5, 5.41) is 28.8. The van der Waals surface area contributed by atoms with E-state index in [4.69, 9.17) is 0 Å². The smallest absolute Gasteiger partial charge is 0.266 e. The Morgan fingerprint density at radius 2 is 0.626 bits per heavy atom. The van der Waals surface area contributed by atoms with Gasteiger partial charge in [0.05, 0.1) is 55.3 Å². The van der Waals surface area contributed by atoms with Gasteiger partial charge in [-0.05, 0) is 302 Å². The molecule has 11 aliphatic rings. The molecule has 0 radical (unpaired) electrons. The van der Waals surface area contributed by atoms with Crippen molar-refractivity contribution >= 4 is 111 Å². The lowest BCUT2D eigenvalue weighted by atomic mass is 9.68. The van der Waals surface area contributed by atoms with Crippen molar-refractivity contribution in [1.82, 2.24) is 18.3 Å². The van der Waals surface area contributed by atoms with Gasteiger partial charge in [-0.1, -0.05) is 188 Å². The minimum Gasteiger partial charge on any atom is -0.506 e. The zero-order valence-corrected chi connectivity index (χ0v) is 74.2. The van der Waals surface area contributed by atoms with E-state index in [1.165, 1.54) is 224 Å². The van der Waals surface area contributed by atoms with E-state index in [1.54, 1.807) is 28.8 Å². The number of fused-ring (bicyclic) bond motifs is 17. The van der Waals surface area contributed by atoms with Crippen molar-refractivity contribution in [2.75, 3.05) is 9.80 Å². The Morgan fingerprint density at radius 3 is 1.03 bits per heavy atom. The minimum absolute atomic E-state index is 0.0290. The maximum absolute atomic E-state index is 16.6. The van der Waals surface area contributed by atoms with Crippen LogP contribution < -0.4 is 32.0 Å². The predicted molar refractivity (Wildman–Crippen MR) is 516 cm³/mol. The standard InChI is InChI=1S/C115H106N6O10/c1-115(2,63-43-49-99(122)97(55-63)119-109(126)85-47-45-83-104-84(46-48-86(105(85)104)110(119)127)108(125)118(107(83)124)66-52-61(60-116-93-39-19-15-29-73(93)74-30-16-20-40-94(74)116)51-65(57-66)117-95-41-21-17-31-75(95)76-32-18-22-42-96(76)117)64-44-50-100(123)98(56-64)120-111(128)87-58-89-90(59-88(87)112(120)129)114(131)121(113(89)130)106-91(102-79-35-11-5-25-69(79)70-26-6-12-36-80(70)102)53-62(101-77-33-9-3-23-67(77)68-24-4-10-34-78(68)101)54-92(106)103-81-37-13-7-27-71(81)72-28-8-14-38-82(72)103/h15-22,29-32,39-59,67-72,77-82,101-103,122-123H,3-14,23-28,33-38,60H2,1-2H3. The molecular weight excluding hydrogens is 1630 g/mol. The lowest BCUT2D eigenvalue weighted by Crippen LogP contribution is -2.43. The van der Waals surface area contributed by atoms with Gasteiger partial charge in [0, 0.05) is 83.3 Å². The lowest BCUT2D eigenvalue weighted by Gasteiger charge is -2.38. The number of benzene rings is 11. The number of hydrogen-bond donors (Lipinski definition) is 2. The van der Waals surface area contributed by atoms with Crippen LogP contribution in [0.4, 0.5) is 11.4 Å². The molecule has 6 heterocycles. The first kappa shape index (κ1) is 79.4. The van der Waals surface area contributed by atoms with Crippen molar-refractivity contribution in [2.24, 2.45) is 71.0 Å². The summed E-state index contributed by atoms with van der Waals surface area (Å²) in [6, 6.07) is 62.5. The van der Waals surface area contributed by atoms with E-state index < -0.39 is 57.0 Å². The summed E-state index contributed by atoms with van der Waals surface area (Å²) in [7, 11) is 0. The number of phenolic OH excluding ortho intramolecular Hbond substituents is 2. The number of amides is 4. The number of carbonyl (C=O) groups is 4. The summed E-state index contributed by atoms with van der Waals surface area (Å²) in [5.74, 6) is 4.32. The van der Waals surface area contributed by atoms with Gasteiger partial charge in [-0.3, -0.25) is 38.4 Å². The average Bonchev–Trinajstić information content (AvgIpc) is 1.55. The third kappa shape index (κ3) is 11.5. The maximum atomic E-state index is 16.6. The van der Waals surface area contributed by atoms with E-state index in [2.05, 4.69) is 75.9 Å². The number of imide groups is 2. The van der Waals surface area contributed by atoms with Crippen LogP contribution in [0.2, 0.25) is 0 Å². The lowest BCUT2D eigenvalue weighted by molar-refractivity contribution is 0.0872. The number of phenols is 2. The number of nitrogens with zero attached hydrogens (tertiary/aromatic N) is 6. The van der Waals surface area contributed by atoms with Crippen LogP contribution in [0.1, 0.15) is 261 Å². The van der Waals surface area contributed by atoms with Crippen LogP contribution in [-0.4, -0.2) is 52.1 Å². The molecule has 16 heteroatoms. The number of carbonyl (C=O) groups excluding carboxylic acids is 4. The van der Waals surface area contributed by atoms with Crippen molar-refractivity contribution in [1.29, 1.82) is 0 Å². The molecule has 2 aliphatic heterocycles. The molecule has 131 heavy (non-hydrogen) atoms. The molecule has 0 spiro atoms. The van der Waals surface area contributed by atoms with Gasteiger partial charge in [-0.2, -0.15) is 0 Å². The summed E-state index contributed by atoms with van der Waals surface area (Å²) in [4.78, 5) is 129. The van der Waals surface area contributed by atoms with Crippen LogP contribution in [0.3, 0.4) is 0 Å². The molecule has 4 amide bonds. The fourth-order valence-electron chi connectivity index (χ4n) is 30.7. The second kappa shape index (κ2) is 29.7. The van der Waals surface area contributed by atoms with E-state index in [-0.39, 0.29) is 83.5 Å². The Bertz CT molecular complexity index is 7340. The normalized spacial score (nSPS) is 26.4. The van der Waals surface area contributed by atoms with Crippen LogP contribution in [0.25, 0.3) is 93.0 Å². The second-order valence-corrected chi connectivity index (χ2v) is 42.0. The van der Waals surface area contributed by atoms with Crippen molar-refractivity contribution in [2.45, 2.75) is 198 Å². The summed E-state index contributed by atoms with van der Waals surface area (Å²) in [6.07, 6.45) is 29.9. The second-order valence-electron chi connectivity index (χ2n) is 42.0. The molecule has 0 saturated heterocycles. The highest BCUT2D eigenvalue weighted by Gasteiger charge is 2.58. The van der Waals surface area contributed by atoms with E-state index >= 15 is 38.4 Å². The molecule has 656 valence electrons. The van der Waals surface area contributed by atoms with Crippen LogP contribution in [0.5, 0.6) is 11.5 Å². The van der Waals surface area contributed by atoms with E-state index in [0.717, 1.165) is 81.9 Å². The zero-order valence-electron chi connectivity index (χ0n) is 74.2. The Morgan fingerprint density at radius 1 is 0.298 bits per heavy atom. The number of rotatable bonds is 12. The first-order valence-electron chi connectivity index (χ1n) is 49.2. The number of aromatic nitrogens is 4. The fraction of sp³-hybridized carbons (Fsp3) is 0.374. The third-order valence-electron chi connectivity index (χ3n) is 35.9. The van der Waals surface area contributed by atoms with Crippen molar-refractivity contribution in [3.8, 4) is 28.6 Å². The SMILES string of the molecule is CC(C)(c1ccc(O)c(N2C(=O)c3ccc4c5c(ccc(c35)C2=O)C(=O)N(c2cc(Cn3c5ccccc5c5ccccc53)cc(-n3c5ccccc5c5ccccc53)c2)C4=O)c1)c1ccc(O)c(-n2c(=O)c3cc4c(=O)n(-c5c(C6C7CCCCC7C7CCCCC76)cc(C6C7CCCCC7C7CCCCC76)cc5C5C6CCCCC6C6CCCCC65)c(=O)c4cc3c2=O)c1. The highest BCUT2D eigenvalue weighted by molar-refractivity contribution is 6.42. The van der Waals surface area contributed by atoms with Gasteiger partial charge in [0.25, 0.3) is 45.9 Å². The average molecular weight is 1730 g/mol. The monoisotopic (exact) mass is 1730 g/mol. The molecule has 16 nitrogen and oxygen atoms in total. The van der Waals surface area contributed by atoms with Crippen LogP contribution in [-0.2, 0) is 12.0 Å². The Balaban J connectivity index is 0.552. The Hall–Kier alpha value is -12.6. The zero-order chi connectivity index (χ0) is 88.2. The Labute approximate surface area is 758 Å². The van der Waals surface area contributed by atoms with E-state index in [9.17, 15) is 10.2 Å². The summed E-state index contributed by atoms with van der Waals surface area (Å²) in [6.45, 7) is 4.12. The molecule has 11 aromatic carbocycles. The van der Waals surface area contributed by atoms with E-state index in [0.29, 0.717) is 88.5 Å². The maximum Gasteiger partial charge on any atom is 0.266 e. The number of anilines is 2. The fourth-order valence-corrected chi connectivity index (χ4v) is 30.7. The van der Waals surface area contributed by atoms with Crippen LogP contribution in [0, 0.1) is 71.0 Å². The Kier molecular flexibility index (Phi) is 18.0. The van der Waals surface area contributed by atoms with Gasteiger partial charge in [-0.15, -0.1) is 0 Å². The molecule has 2 N–H and O–H groups in total. The molecule has 4 aromatic heterocycles. The first-order valence-corrected chi connectivity index (χ1v) is 49.2. The van der Waals surface area contributed by atoms with Gasteiger partial charge < -0.3 is 19.3 Å². The van der Waals surface area contributed by atoms with Crippen LogP contribution >= 0.6 is 0 Å². The van der Waals surface area contributed by atoms with Crippen molar-refractivity contribution < 1.29 is 29.4 Å². The van der Waals surface area contributed by atoms with Gasteiger partial charge in [-0.25, -0.2) is 18.9 Å². The topological polar surface area (TPSA) is 203 Å². The molecule has 12 atom stereocenters. The number of para-hydroxylation sites is 4. The molecule has 9 fully saturated rings. The van der Waals surface area contributed by atoms with Crippen molar-refractivity contribution in [3.05, 3.63) is 297 Å². The van der Waals surface area contributed by atoms with Crippen molar-refractivity contribution in [3.63, 3.8) is 0 Å². The molecule has 15 aromatic rings. The number of hydrogen-bond acceptors (Lipinski definition) is 10. The first-order chi connectivity index (χ1) is 63.9. The summed E-state index contributed by atoms with van der Waals surface area (Å²) < 4.78 is 6.98. The molecule has 9 saturated carbocycles. The predicted octanol–water partition coefficient (Wildman–Crippen LogP) is 23.8. The summed E-state index contributed by atoms with van der Waals surface area (Å²) >= 11 is 0. The molecule has 9 aliphatic carbocycles. The van der Waals surface area contributed by atoms with Gasteiger partial charge in [0.1, 0.15) is 11.5 Å². The van der Waals surface area contributed by atoms with E-state index in [1.807, 2.05) is 74.5 Å². The molecule has 26 rings (SSSR count). The van der Waals surface area contributed by atoms with Gasteiger partial charge >= 0.3 is 0 Å².